The molecule has 0 heterocycles. The summed E-state index contributed by atoms with van der Waals surface area (Å²) in [6, 6.07) is 8.53. The molecule has 0 spiro atoms. The molecule has 0 amide bonds. The van der Waals surface area contributed by atoms with Crippen LogP contribution in [0.3, 0.4) is 0 Å². The van der Waals surface area contributed by atoms with E-state index in [9.17, 15) is 10.2 Å². The van der Waals surface area contributed by atoms with Crippen LogP contribution in [0.25, 0.3) is 0 Å². The van der Waals surface area contributed by atoms with E-state index in [1.54, 1.807) is 0 Å². The molecule has 0 saturated heterocycles. The average Bonchev–Trinajstić information content (AvgIpc) is 2.67. The lowest BCUT2D eigenvalue weighted by Crippen LogP contribution is -2.31. The molecule has 0 aliphatic heterocycles. The fraction of sp³-hybridized carbons (Fsp3) is 0.613. The number of phenols is 2. The van der Waals surface area contributed by atoms with Crippen molar-refractivity contribution < 1.29 is 10.2 Å². The summed E-state index contributed by atoms with van der Waals surface area (Å²) in [6.45, 7) is 24.6. The Hall–Kier alpha value is -2.04. The second-order valence-electron chi connectivity index (χ2n) is 13.6. The number of phenolic OH excluding ortho intramolecular Hbond substituents is 2. The van der Waals surface area contributed by atoms with Gasteiger partial charge in [-0.3, -0.25) is 4.90 Å². The summed E-state index contributed by atoms with van der Waals surface area (Å²) in [4.78, 5) is 4.52. The Labute approximate surface area is 215 Å². The van der Waals surface area contributed by atoms with Crippen LogP contribution in [0.4, 0.5) is 0 Å². The van der Waals surface area contributed by atoms with Crippen LogP contribution < -0.4 is 0 Å². The monoisotopic (exact) mass is 482 g/mol. The topological polar surface area (TPSA) is 46.9 Å². The van der Waals surface area contributed by atoms with Crippen molar-refractivity contribution in [2.24, 2.45) is 0 Å². The number of aryl methyl sites for hydroxylation is 1. The summed E-state index contributed by atoms with van der Waals surface area (Å²) in [5.41, 5.74) is 5.92. The first-order valence-corrected chi connectivity index (χ1v) is 12.9. The fourth-order valence-electron chi connectivity index (χ4n) is 4.40. The molecule has 4 nitrogen and oxygen atoms in total. The minimum absolute atomic E-state index is 0.0205. The van der Waals surface area contributed by atoms with Crippen molar-refractivity contribution in [3.63, 3.8) is 0 Å². The highest BCUT2D eigenvalue weighted by molar-refractivity contribution is 5.49. The van der Waals surface area contributed by atoms with Crippen molar-refractivity contribution >= 4 is 0 Å². The van der Waals surface area contributed by atoms with Crippen LogP contribution in [0.5, 0.6) is 11.5 Å². The normalized spacial score (nSPS) is 13.2. The molecule has 4 heteroatoms. The van der Waals surface area contributed by atoms with Gasteiger partial charge >= 0.3 is 0 Å². The highest BCUT2D eigenvalue weighted by Gasteiger charge is 2.26. The number of aromatic hydroxyl groups is 2. The van der Waals surface area contributed by atoms with E-state index < -0.39 is 0 Å². The number of benzene rings is 2. The van der Waals surface area contributed by atoms with Crippen molar-refractivity contribution in [3.05, 3.63) is 57.6 Å². The zero-order chi connectivity index (χ0) is 26.9. The average molecular weight is 483 g/mol. The molecule has 0 aliphatic rings. The van der Waals surface area contributed by atoms with Gasteiger partial charge in [0.05, 0.1) is 0 Å². The lowest BCUT2D eigenvalue weighted by Gasteiger charge is -2.30. The number of rotatable bonds is 7. The van der Waals surface area contributed by atoms with Crippen molar-refractivity contribution in [2.45, 2.75) is 98.6 Å². The number of hydrogen-bond donors (Lipinski definition) is 2. The molecule has 0 unspecified atom stereocenters. The molecular formula is C31H50N2O2. The van der Waals surface area contributed by atoms with Crippen molar-refractivity contribution in [1.29, 1.82) is 0 Å². The molecule has 2 aromatic carbocycles. The Balaban J connectivity index is 2.57. The van der Waals surface area contributed by atoms with Crippen LogP contribution in [-0.4, -0.2) is 47.2 Å². The SMILES string of the molecule is Cc1cc(CN(CCN(C)C)Cc2cc(C(C)(C)C)cc(C(C)(C)C)c2O)c(O)c(C(C)(C)C)c1. The van der Waals surface area contributed by atoms with Crippen LogP contribution in [0, 0.1) is 6.92 Å². The second kappa shape index (κ2) is 10.5. The van der Waals surface area contributed by atoms with Crippen LogP contribution in [-0.2, 0) is 29.3 Å². The van der Waals surface area contributed by atoms with E-state index in [2.05, 4.69) is 117 Å². The van der Waals surface area contributed by atoms with E-state index in [0.29, 0.717) is 24.6 Å². The van der Waals surface area contributed by atoms with Gasteiger partial charge in [0.2, 0.25) is 0 Å². The van der Waals surface area contributed by atoms with Crippen LogP contribution in [0.15, 0.2) is 24.3 Å². The van der Waals surface area contributed by atoms with Crippen molar-refractivity contribution in [2.75, 3.05) is 27.2 Å². The molecule has 0 aliphatic carbocycles. The van der Waals surface area contributed by atoms with Gasteiger partial charge in [0.15, 0.2) is 0 Å². The van der Waals surface area contributed by atoms with E-state index in [-0.39, 0.29) is 16.2 Å². The van der Waals surface area contributed by atoms with Gasteiger partial charge in [0, 0.05) is 37.3 Å². The van der Waals surface area contributed by atoms with Gasteiger partial charge in [-0.25, -0.2) is 0 Å². The lowest BCUT2D eigenvalue weighted by molar-refractivity contribution is 0.221. The van der Waals surface area contributed by atoms with Crippen LogP contribution >= 0.6 is 0 Å². The van der Waals surface area contributed by atoms with E-state index >= 15 is 0 Å². The summed E-state index contributed by atoms with van der Waals surface area (Å²) in [5, 5.41) is 22.6. The van der Waals surface area contributed by atoms with Gasteiger partial charge in [-0.2, -0.15) is 0 Å². The number of likely N-dealkylation sites (N-methyl/N-ethyl adjacent to an activating group) is 1. The third-order valence-corrected chi connectivity index (χ3v) is 6.66. The van der Waals surface area contributed by atoms with Crippen molar-refractivity contribution in [1.82, 2.24) is 9.80 Å². The van der Waals surface area contributed by atoms with Crippen molar-refractivity contribution in [3.8, 4) is 11.5 Å². The maximum Gasteiger partial charge on any atom is 0.123 e. The molecule has 2 aromatic rings. The molecule has 0 radical (unpaired) electrons. The highest BCUT2D eigenvalue weighted by Crippen LogP contribution is 2.39. The summed E-state index contributed by atoms with van der Waals surface area (Å²) in [5.74, 6) is 0.783. The summed E-state index contributed by atoms with van der Waals surface area (Å²) < 4.78 is 0. The second-order valence-corrected chi connectivity index (χ2v) is 13.6. The van der Waals surface area contributed by atoms with Gasteiger partial charge in [-0.1, -0.05) is 92.1 Å². The largest absolute Gasteiger partial charge is 0.507 e. The predicted molar refractivity (Wildman–Crippen MR) is 150 cm³/mol. The molecule has 2 N–H and O–H groups in total. The Morgan fingerprint density at radius 1 is 0.629 bits per heavy atom. The molecule has 0 aromatic heterocycles. The van der Waals surface area contributed by atoms with Gasteiger partial charge in [-0.05, 0) is 54.0 Å². The smallest absolute Gasteiger partial charge is 0.123 e. The molecule has 196 valence electrons. The summed E-state index contributed by atoms with van der Waals surface area (Å²) >= 11 is 0. The molecule has 0 fully saturated rings. The molecule has 0 saturated carbocycles. The maximum absolute atomic E-state index is 11.4. The van der Waals surface area contributed by atoms with E-state index in [0.717, 1.165) is 40.9 Å². The standard InChI is InChI=1S/C31H50N2O2/c1-21-15-22(27(34)25(16-21)30(5,6)7)19-33(14-13-32(11)12)20-23-17-24(29(2,3)4)18-26(28(23)35)31(8,9)10/h15-18,34-35H,13-14,19-20H2,1-12H3. The first-order chi connectivity index (χ1) is 15.8. The summed E-state index contributed by atoms with van der Waals surface area (Å²) in [7, 11) is 4.16. The van der Waals surface area contributed by atoms with Gasteiger partial charge in [0.1, 0.15) is 11.5 Å². The Morgan fingerprint density at radius 2 is 1.09 bits per heavy atom. The van der Waals surface area contributed by atoms with Gasteiger partial charge < -0.3 is 15.1 Å². The minimum atomic E-state index is -0.162. The van der Waals surface area contributed by atoms with Gasteiger partial charge in [-0.15, -0.1) is 0 Å². The highest BCUT2D eigenvalue weighted by atomic mass is 16.3. The third-order valence-electron chi connectivity index (χ3n) is 6.66. The predicted octanol–water partition coefficient (Wildman–Crippen LogP) is 6.86. The Kier molecular flexibility index (Phi) is 8.78. The molecule has 0 bridgehead atoms. The van der Waals surface area contributed by atoms with E-state index in [1.165, 1.54) is 5.56 Å². The third kappa shape index (κ3) is 7.72. The Bertz CT molecular complexity index is 1020. The lowest BCUT2D eigenvalue weighted by atomic mass is 9.79. The number of hydrogen-bond acceptors (Lipinski definition) is 4. The first kappa shape index (κ1) is 29.2. The molecule has 2 rings (SSSR count). The quantitative estimate of drug-likeness (QED) is 0.452. The number of nitrogens with zero attached hydrogens (tertiary/aromatic N) is 2. The van der Waals surface area contributed by atoms with Crippen LogP contribution in [0.2, 0.25) is 0 Å². The maximum atomic E-state index is 11.4. The molecule has 0 atom stereocenters. The Morgan fingerprint density at radius 3 is 1.51 bits per heavy atom. The van der Waals surface area contributed by atoms with Crippen LogP contribution in [0.1, 0.15) is 95.7 Å². The fourth-order valence-corrected chi connectivity index (χ4v) is 4.40. The molecular weight excluding hydrogens is 432 g/mol. The zero-order valence-electron chi connectivity index (χ0n) is 24.4. The van der Waals surface area contributed by atoms with E-state index in [1.807, 2.05) is 0 Å². The van der Waals surface area contributed by atoms with E-state index in [4.69, 9.17) is 0 Å². The molecule has 35 heavy (non-hydrogen) atoms. The minimum Gasteiger partial charge on any atom is -0.507 e. The summed E-state index contributed by atoms with van der Waals surface area (Å²) in [6.07, 6.45) is 0. The zero-order valence-corrected chi connectivity index (χ0v) is 24.4. The first-order valence-electron chi connectivity index (χ1n) is 12.9. The van der Waals surface area contributed by atoms with Gasteiger partial charge in [0.25, 0.3) is 0 Å².